The predicted molar refractivity (Wildman–Crippen MR) is 81.2 cm³/mol. The molecule has 0 aromatic heterocycles. The number of thioether (sulfide) groups is 1. The van der Waals surface area contributed by atoms with Gasteiger partial charge in [-0.05, 0) is 25.3 Å². The zero-order valence-electron chi connectivity index (χ0n) is 11.6. The van der Waals surface area contributed by atoms with Gasteiger partial charge >= 0.3 is 5.97 Å². The van der Waals surface area contributed by atoms with Crippen molar-refractivity contribution < 1.29 is 22.7 Å². The highest BCUT2D eigenvalue weighted by Crippen LogP contribution is 2.27. The fourth-order valence-electron chi connectivity index (χ4n) is 1.65. The molecule has 1 aromatic carbocycles. The molecule has 0 saturated heterocycles. The van der Waals surface area contributed by atoms with Crippen LogP contribution >= 0.6 is 23.4 Å². The molecule has 118 valence electrons. The van der Waals surface area contributed by atoms with Crippen LogP contribution in [0.3, 0.4) is 0 Å². The van der Waals surface area contributed by atoms with Gasteiger partial charge in [-0.15, -0.1) is 0 Å². The number of rotatable bonds is 6. The number of aromatic carboxylic acids is 1. The minimum atomic E-state index is -4.17. The van der Waals surface area contributed by atoms with E-state index in [2.05, 4.69) is 0 Å². The molecule has 1 N–H and O–H groups in total. The first-order chi connectivity index (χ1) is 9.62. The second kappa shape index (κ2) is 6.95. The number of hydrogen-bond donors (Lipinski definition) is 1. The number of halogens is 2. The van der Waals surface area contributed by atoms with E-state index < -0.39 is 32.3 Å². The molecule has 1 atom stereocenters. The van der Waals surface area contributed by atoms with Gasteiger partial charge in [0, 0.05) is 23.9 Å². The third kappa shape index (κ3) is 3.88. The smallest absolute Gasteiger partial charge is 0.338 e. The number of carboxylic acid groups (broad SMARTS) is 1. The second-order valence-electron chi connectivity index (χ2n) is 4.40. The van der Waals surface area contributed by atoms with Gasteiger partial charge in [-0.1, -0.05) is 11.6 Å². The summed E-state index contributed by atoms with van der Waals surface area (Å²) in [6.07, 6.45) is 1.82. The summed E-state index contributed by atoms with van der Waals surface area (Å²) in [4.78, 5) is 10.2. The Hall–Kier alpha value is -0.830. The molecule has 0 saturated carbocycles. The molecule has 0 amide bonds. The Kier molecular flexibility index (Phi) is 6.03. The molecule has 0 spiro atoms. The Morgan fingerprint density at radius 2 is 2.10 bits per heavy atom. The summed E-state index contributed by atoms with van der Waals surface area (Å²) in [6.45, 7) is 1.68. The van der Waals surface area contributed by atoms with E-state index in [1.165, 1.54) is 18.8 Å². The van der Waals surface area contributed by atoms with Crippen molar-refractivity contribution in [2.45, 2.75) is 17.9 Å². The molecule has 0 bridgehead atoms. The summed E-state index contributed by atoms with van der Waals surface area (Å²) in [5.41, 5.74) is -0.771. The average molecular weight is 356 g/mol. The number of hydrogen-bond acceptors (Lipinski definition) is 4. The van der Waals surface area contributed by atoms with E-state index in [-0.39, 0.29) is 11.1 Å². The topological polar surface area (TPSA) is 74.7 Å². The van der Waals surface area contributed by atoms with Gasteiger partial charge in [-0.2, -0.15) is 16.1 Å². The standard InChI is InChI=1S/C12H15ClFNO4S2/c1-7(6-20-3)15(2)21(18,19)10-5-8(13)4-9(11(10)14)12(16)17/h4-5,7H,6H2,1-3H3,(H,16,17). The van der Waals surface area contributed by atoms with Gasteiger partial charge in [-0.25, -0.2) is 17.6 Å². The fourth-order valence-corrected chi connectivity index (χ4v) is 4.20. The van der Waals surface area contributed by atoms with Crippen LogP contribution in [-0.2, 0) is 10.0 Å². The van der Waals surface area contributed by atoms with Crippen LogP contribution in [0.2, 0.25) is 5.02 Å². The maximum absolute atomic E-state index is 14.2. The molecule has 21 heavy (non-hydrogen) atoms. The van der Waals surface area contributed by atoms with Gasteiger partial charge in [0.05, 0.1) is 5.56 Å². The van der Waals surface area contributed by atoms with Crippen molar-refractivity contribution in [2.24, 2.45) is 0 Å². The number of carbonyl (C=O) groups is 1. The summed E-state index contributed by atoms with van der Waals surface area (Å²) < 4.78 is 40.0. The zero-order valence-corrected chi connectivity index (χ0v) is 14.0. The lowest BCUT2D eigenvalue weighted by Gasteiger charge is -2.24. The molecule has 0 fully saturated rings. The number of benzene rings is 1. The molecule has 0 aliphatic rings. The van der Waals surface area contributed by atoms with Gasteiger partial charge in [0.1, 0.15) is 4.90 Å². The van der Waals surface area contributed by atoms with Crippen LogP contribution in [0.4, 0.5) is 4.39 Å². The lowest BCUT2D eigenvalue weighted by Crippen LogP contribution is -2.37. The first-order valence-electron chi connectivity index (χ1n) is 5.82. The van der Waals surface area contributed by atoms with Crippen LogP contribution in [0.5, 0.6) is 0 Å². The lowest BCUT2D eigenvalue weighted by molar-refractivity contribution is 0.0691. The molecule has 9 heteroatoms. The van der Waals surface area contributed by atoms with Crippen LogP contribution in [0.15, 0.2) is 17.0 Å². The third-order valence-corrected chi connectivity index (χ3v) is 5.93. The molecule has 0 aliphatic heterocycles. The minimum Gasteiger partial charge on any atom is -0.478 e. The van der Waals surface area contributed by atoms with Gasteiger partial charge in [-0.3, -0.25) is 0 Å². The van der Waals surface area contributed by atoms with Crippen LogP contribution in [-0.4, -0.2) is 48.9 Å². The number of carboxylic acids is 1. The summed E-state index contributed by atoms with van der Waals surface area (Å²) in [7, 11) is -2.86. The normalized spacial score (nSPS) is 13.4. The van der Waals surface area contributed by atoms with Crippen LogP contribution in [0, 0.1) is 5.82 Å². The predicted octanol–water partition coefficient (Wildman–Crippen LogP) is 2.55. The Labute approximate surface area is 132 Å². The van der Waals surface area contributed by atoms with Crippen molar-refractivity contribution >= 4 is 39.4 Å². The van der Waals surface area contributed by atoms with Gasteiger partial charge < -0.3 is 5.11 Å². The Morgan fingerprint density at radius 1 is 1.52 bits per heavy atom. The van der Waals surface area contributed by atoms with Crippen molar-refractivity contribution in [3.63, 3.8) is 0 Å². The van der Waals surface area contributed by atoms with Gasteiger partial charge in [0.2, 0.25) is 10.0 Å². The fraction of sp³-hybridized carbons (Fsp3) is 0.417. The van der Waals surface area contributed by atoms with Gasteiger partial charge in [0.25, 0.3) is 0 Å². The van der Waals surface area contributed by atoms with Gasteiger partial charge in [0.15, 0.2) is 5.82 Å². The van der Waals surface area contributed by atoms with E-state index in [4.69, 9.17) is 16.7 Å². The summed E-state index contributed by atoms with van der Waals surface area (Å²) in [5, 5.41) is 8.75. The maximum Gasteiger partial charge on any atom is 0.338 e. The Morgan fingerprint density at radius 3 is 2.57 bits per heavy atom. The quantitative estimate of drug-likeness (QED) is 0.848. The molecule has 5 nitrogen and oxygen atoms in total. The molecular weight excluding hydrogens is 341 g/mol. The monoisotopic (exact) mass is 355 g/mol. The van der Waals surface area contributed by atoms with Crippen molar-refractivity contribution in [2.75, 3.05) is 19.1 Å². The molecule has 0 heterocycles. The van der Waals surface area contributed by atoms with Crippen molar-refractivity contribution in [3.8, 4) is 0 Å². The highest BCUT2D eigenvalue weighted by Gasteiger charge is 2.30. The molecule has 1 aromatic rings. The SMILES string of the molecule is CSCC(C)N(C)S(=O)(=O)c1cc(Cl)cc(C(=O)O)c1F. The highest BCUT2D eigenvalue weighted by molar-refractivity contribution is 7.98. The highest BCUT2D eigenvalue weighted by atomic mass is 35.5. The van der Waals surface area contributed by atoms with E-state index in [0.717, 1.165) is 16.4 Å². The number of nitrogens with zero attached hydrogens (tertiary/aromatic N) is 1. The molecule has 1 rings (SSSR count). The second-order valence-corrected chi connectivity index (χ2v) is 7.71. The zero-order chi connectivity index (χ0) is 16.4. The summed E-state index contributed by atoms with van der Waals surface area (Å²) >= 11 is 7.15. The first kappa shape index (κ1) is 18.2. The van der Waals surface area contributed by atoms with Crippen LogP contribution in [0.1, 0.15) is 17.3 Å². The lowest BCUT2D eigenvalue weighted by atomic mass is 10.2. The van der Waals surface area contributed by atoms with Crippen LogP contribution in [0.25, 0.3) is 0 Å². The number of sulfonamides is 1. The Balaban J connectivity index is 3.42. The molecular formula is C12H15ClFNO4S2. The summed E-state index contributed by atoms with van der Waals surface area (Å²) in [6, 6.07) is 1.42. The van der Waals surface area contributed by atoms with Crippen LogP contribution < -0.4 is 0 Å². The van der Waals surface area contributed by atoms with Crippen molar-refractivity contribution in [1.29, 1.82) is 0 Å². The van der Waals surface area contributed by atoms with Crippen molar-refractivity contribution in [1.82, 2.24) is 4.31 Å². The maximum atomic E-state index is 14.2. The Bertz CT molecular complexity index is 651. The van der Waals surface area contributed by atoms with E-state index in [9.17, 15) is 17.6 Å². The van der Waals surface area contributed by atoms with E-state index in [1.807, 2.05) is 6.26 Å². The van der Waals surface area contributed by atoms with E-state index >= 15 is 0 Å². The average Bonchev–Trinajstić information content (AvgIpc) is 2.39. The molecule has 1 unspecified atom stereocenters. The van der Waals surface area contributed by atoms with Crippen molar-refractivity contribution in [3.05, 3.63) is 28.5 Å². The largest absolute Gasteiger partial charge is 0.478 e. The minimum absolute atomic E-state index is 0.154. The molecule has 0 aliphatic carbocycles. The van der Waals surface area contributed by atoms with E-state index in [0.29, 0.717) is 5.75 Å². The molecule has 0 radical (unpaired) electrons. The van der Waals surface area contributed by atoms with E-state index in [1.54, 1.807) is 6.92 Å². The third-order valence-electron chi connectivity index (χ3n) is 2.92. The first-order valence-corrected chi connectivity index (χ1v) is 9.03. The summed E-state index contributed by atoms with van der Waals surface area (Å²) in [5.74, 6) is -2.37.